The van der Waals surface area contributed by atoms with Gasteiger partial charge in [-0.25, -0.2) is 0 Å². The van der Waals surface area contributed by atoms with Crippen LogP contribution in [0.4, 0.5) is 0 Å². The molecule has 3 rings (SSSR count). The first-order chi connectivity index (χ1) is 13.8. The van der Waals surface area contributed by atoms with Crippen molar-refractivity contribution in [3.63, 3.8) is 0 Å². The highest BCUT2D eigenvalue weighted by Crippen LogP contribution is 2.47. The minimum absolute atomic E-state index is 0.0365. The summed E-state index contributed by atoms with van der Waals surface area (Å²) in [7, 11) is -4.51. The lowest BCUT2D eigenvalue weighted by atomic mass is 10.0. The van der Waals surface area contributed by atoms with Crippen LogP contribution in [0.25, 0.3) is 0 Å². The SMILES string of the molecule is CCc1ccccc1P(=O)(O)C(=O)c1c(Cl)ccc(C(=O)c2ccccc2)c1Cl. The van der Waals surface area contributed by atoms with Crippen LogP contribution in [-0.2, 0) is 11.0 Å². The highest BCUT2D eigenvalue weighted by atomic mass is 35.5. The van der Waals surface area contributed by atoms with Crippen LogP contribution in [0.15, 0.2) is 66.7 Å². The van der Waals surface area contributed by atoms with E-state index in [4.69, 9.17) is 23.2 Å². The van der Waals surface area contributed by atoms with Crippen LogP contribution in [0.2, 0.25) is 10.0 Å². The number of hydrogen-bond acceptors (Lipinski definition) is 3. The van der Waals surface area contributed by atoms with Crippen LogP contribution < -0.4 is 5.30 Å². The normalized spacial score (nSPS) is 13.0. The average Bonchev–Trinajstić information content (AvgIpc) is 2.73. The summed E-state index contributed by atoms with van der Waals surface area (Å²) in [6.07, 6.45) is 0.474. The van der Waals surface area contributed by atoms with Gasteiger partial charge in [-0.2, -0.15) is 0 Å². The Morgan fingerprint density at radius 3 is 2.21 bits per heavy atom. The van der Waals surface area contributed by atoms with Crippen molar-refractivity contribution in [2.75, 3.05) is 0 Å². The van der Waals surface area contributed by atoms with E-state index in [0.29, 0.717) is 17.5 Å². The zero-order chi connectivity index (χ0) is 21.2. The molecule has 29 heavy (non-hydrogen) atoms. The van der Waals surface area contributed by atoms with E-state index in [-0.39, 0.29) is 26.5 Å². The van der Waals surface area contributed by atoms with Gasteiger partial charge in [-0.15, -0.1) is 0 Å². The fourth-order valence-corrected chi connectivity index (χ4v) is 5.46. The summed E-state index contributed by atoms with van der Waals surface area (Å²) in [5, 5.41) is -0.285. The van der Waals surface area contributed by atoms with Crippen LogP contribution in [0.1, 0.15) is 38.8 Å². The van der Waals surface area contributed by atoms with Crippen LogP contribution >= 0.6 is 30.6 Å². The molecule has 0 bridgehead atoms. The Kier molecular flexibility index (Phi) is 6.40. The largest absolute Gasteiger partial charge is 0.336 e. The molecule has 7 heteroatoms. The van der Waals surface area contributed by atoms with Crippen LogP contribution in [-0.4, -0.2) is 16.2 Å². The Hall–Kier alpha value is -2.23. The van der Waals surface area contributed by atoms with Crippen molar-refractivity contribution >= 4 is 47.2 Å². The molecule has 0 aromatic heterocycles. The van der Waals surface area contributed by atoms with E-state index in [1.807, 2.05) is 6.92 Å². The molecule has 0 fully saturated rings. The maximum Gasteiger partial charge on any atom is 0.298 e. The third kappa shape index (κ3) is 4.08. The number of hydrogen-bond donors (Lipinski definition) is 1. The molecule has 0 aliphatic heterocycles. The van der Waals surface area contributed by atoms with Crippen molar-refractivity contribution in [1.29, 1.82) is 0 Å². The minimum atomic E-state index is -4.51. The van der Waals surface area contributed by atoms with E-state index in [9.17, 15) is 19.0 Å². The number of carbonyl (C=O) groups excluding carboxylic acids is 2. The topological polar surface area (TPSA) is 71.4 Å². The van der Waals surface area contributed by atoms with Gasteiger partial charge in [-0.1, -0.05) is 78.7 Å². The molecule has 0 radical (unpaired) electrons. The number of rotatable bonds is 6. The Bertz CT molecular complexity index is 1140. The molecule has 1 N–H and O–H groups in total. The second-order valence-corrected chi connectivity index (χ2v) is 9.17. The zero-order valence-electron chi connectivity index (χ0n) is 15.4. The van der Waals surface area contributed by atoms with E-state index >= 15 is 0 Å². The summed E-state index contributed by atoms with van der Waals surface area (Å²) >= 11 is 12.5. The first-order valence-corrected chi connectivity index (χ1v) is 11.2. The van der Waals surface area contributed by atoms with Crippen LogP contribution in [0.3, 0.4) is 0 Å². The summed E-state index contributed by atoms with van der Waals surface area (Å²) < 4.78 is 13.2. The van der Waals surface area contributed by atoms with Gasteiger partial charge in [0, 0.05) is 16.4 Å². The molecule has 0 saturated carbocycles. The highest BCUT2D eigenvalue weighted by molar-refractivity contribution is 7.82. The Balaban J connectivity index is 2.12. The van der Waals surface area contributed by atoms with Gasteiger partial charge < -0.3 is 4.89 Å². The second-order valence-electron chi connectivity index (χ2n) is 6.34. The molecule has 4 nitrogen and oxygen atoms in total. The molecule has 3 aromatic rings. The molecule has 0 aliphatic rings. The minimum Gasteiger partial charge on any atom is -0.336 e. The second kappa shape index (κ2) is 8.64. The van der Waals surface area contributed by atoms with Gasteiger partial charge in [0.15, 0.2) is 5.78 Å². The van der Waals surface area contributed by atoms with Crippen molar-refractivity contribution in [2.24, 2.45) is 0 Å². The molecular weight excluding hydrogens is 430 g/mol. The summed E-state index contributed by atoms with van der Waals surface area (Å²) in [6, 6.07) is 17.6. The molecule has 3 aromatic carbocycles. The monoisotopic (exact) mass is 446 g/mol. The smallest absolute Gasteiger partial charge is 0.298 e. The van der Waals surface area contributed by atoms with Gasteiger partial charge >= 0.3 is 0 Å². The van der Waals surface area contributed by atoms with Gasteiger partial charge in [-0.05, 0) is 30.2 Å². The average molecular weight is 447 g/mol. The molecule has 0 amide bonds. The fraction of sp³-hybridized carbons (Fsp3) is 0.0909. The molecule has 0 saturated heterocycles. The van der Waals surface area contributed by atoms with E-state index in [1.54, 1.807) is 48.5 Å². The highest BCUT2D eigenvalue weighted by Gasteiger charge is 2.37. The predicted octanol–water partition coefficient (Wildman–Crippen LogP) is 5.52. The third-order valence-corrected chi connectivity index (χ3v) is 7.13. The molecule has 0 heterocycles. The number of halogens is 2. The zero-order valence-corrected chi connectivity index (χ0v) is 17.8. The number of ketones is 1. The van der Waals surface area contributed by atoms with E-state index in [1.165, 1.54) is 18.2 Å². The van der Waals surface area contributed by atoms with Gasteiger partial charge in [-0.3, -0.25) is 14.2 Å². The summed E-state index contributed by atoms with van der Waals surface area (Å²) in [5.74, 6) is -0.414. The maximum absolute atomic E-state index is 13.2. The lowest BCUT2D eigenvalue weighted by molar-refractivity contribution is 0.103. The molecule has 1 unspecified atom stereocenters. The molecule has 0 aliphatic carbocycles. The van der Waals surface area contributed by atoms with Gasteiger partial charge in [0.05, 0.1) is 15.6 Å². The first-order valence-electron chi connectivity index (χ1n) is 8.83. The van der Waals surface area contributed by atoms with E-state index < -0.39 is 18.7 Å². The summed E-state index contributed by atoms with van der Waals surface area (Å²) in [6.45, 7) is 1.82. The van der Waals surface area contributed by atoms with E-state index in [2.05, 4.69) is 0 Å². The van der Waals surface area contributed by atoms with Crippen LogP contribution in [0, 0.1) is 0 Å². The molecule has 1 atom stereocenters. The standard InChI is InChI=1S/C22H17Cl2O4P/c1-2-14-8-6-7-11-18(14)29(27,28)22(26)19-17(23)13-12-16(20(19)24)21(25)15-9-4-3-5-10-15/h3-13H,2H2,1H3,(H,27,28). The molecule has 148 valence electrons. The Labute approximate surface area is 178 Å². The van der Waals surface area contributed by atoms with Gasteiger partial charge in [0.25, 0.3) is 12.9 Å². The van der Waals surface area contributed by atoms with Crippen molar-refractivity contribution < 1.29 is 19.0 Å². The predicted molar refractivity (Wildman–Crippen MR) is 116 cm³/mol. The number of aryl methyl sites for hydroxylation is 1. The number of benzene rings is 3. The lowest BCUT2D eigenvalue weighted by Crippen LogP contribution is -2.18. The van der Waals surface area contributed by atoms with Gasteiger partial charge in [0.1, 0.15) is 0 Å². The van der Waals surface area contributed by atoms with Crippen LogP contribution in [0.5, 0.6) is 0 Å². The van der Waals surface area contributed by atoms with Crippen molar-refractivity contribution in [3.8, 4) is 0 Å². The fourth-order valence-electron chi connectivity index (χ4n) is 3.04. The molecule has 0 spiro atoms. The van der Waals surface area contributed by atoms with Crippen molar-refractivity contribution in [3.05, 3.63) is 99.0 Å². The first kappa shape index (κ1) is 21.5. The summed E-state index contributed by atoms with van der Waals surface area (Å²) in [5.41, 5.74) is -0.438. The Morgan fingerprint density at radius 2 is 1.55 bits per heavy atom. The van der Waals surface area contributed by atoms with Crippen molar-refractivity contribution in [1.82, 2.24) is 0 Å². The maximum atomic E-state index is 13.2. The van der Waals surface area contributed by atoms with Gasteiger partial charge in [0.2, 0.25) is 0 Å². The summed E-state index contributed by atoms with van der Waals surface area (Å²) in [4.78, 5) is 36.6. The Morgan fingerprint density at radius 1 is 0.931 bits per heavy atom. The lowest BCUT2D eigenvalue weighted by Gasteiger charge is -2.17. The van der Waals surface area contributed by atoms with Crippen molar-refractivity contribution in [2.45, 2.75) is 13.3 Å². The third-order valence-electron chi connectivity index (χ3n) is 4.56. The number of carbonyl (C=O) groups is 2. The van der Waals surface area contributed by atoms with E-state index in [0.717, 1.165) is 0 Å². The molecular formula is C22H17Cl2O4P. The quantitative estimate of drug-likeness (QED) is 0.399.